The van der Waals surface area contributed by atoms with Crippen LogP contribution in [0.15, 0.2) is 54.7 Å². The number of likely N-dealkylation sites (N-methyl/N-ethyl adjacent to an activating group) is 1. The van der Waals surface area contributed by atoms with E-state index in [1.54, 1.807) is 24.3 Å². The molecule has 2 heterocycles. The summed E-state index contributed by atoms with van der Waals surface area (Å²) in [6.45, 7) is 2.35. The van der Waals surface area contributed by atoms with E-state index >= 15 is 0 Å². The van der Waals surface area contributed by atoms with Gasteiger partial charge in [-0.15, -0.1) is 0 Å². The van der Waals surface area contributed by atoms with E-state index in [-0.39, 0.29) is 11.7 Å². The van der Waals surface area contributed by atoms with Crippen LogP contribution in [0.5, 0.6) is 0 Å². The zero-order chi connectivity index (χ0) is 21.3. The molecule has 4 rings (SSSR count). The van der Waals surface area contributed by atoms with Crippen LogP contribution in [0.1, 0.15) is 16.8 Å². The molecular formula is C22H26N4O3S. The first-order chi connectivity index (χ1) is 14.3. The van der Waals surface area contributed by atoms with Gasteiger partial charge >= 0.3 is 0 Å². The van der Waals surface area contributed by atoms with E-state index in [1.807, 2.05) is 24.3 Å². The third kappa shape index (κ3) is 4.20. The third-order valence-corrected chi connectivity index (χ3v) is 7.20. The maximum atomic E-state index is 12.6. The number of fused-ring (bicyclic) bond motifs is 1. The zero-order valence-electron chi connectivity index (χ0n) is 17.2. The zero-order valence-corrected chi connectivity index (χ0v) is 18.0. The van der Waals surface area contributed by atoms with Crippen LogP contribution in [0.2, 0.25) is 0 Å². The van der Waals surface area contributed by atoms with Crippen LogP contribution in [0.4, 0.5) is 11.4 Å². The summed E-state index contributed by atoms with van der Waals surface area (Å²) >= 11 is 0. The molecule has 0 unspecified atom stereocenters. The average Bonchev–Trinajstić information content (AvgIpc) is 3.28. The topological polar surface area (TPSA) is 74.7 Å². The normalized spacial score (nSPS) is 15.8. The van der Waals surface area contributed by atoms with Gasteiger partial charge < -0.3 is 14.8 Å². The second kappa shape index (κ2) is 8.12. The van der Waals surface area contributed by atoms with Crippen LogP contribution in [0, 0.1) is 0 Å². The van der Waals surface area contributed by atoms with Crippen molar-refractivity contribution >= 4 is 38.2 Å². The average molecular weight is 427 g/mol. The minimum Gasteiger partial charge on any atom is -0.346 e. The quantitative estimate of drug-likeness (QED) is 0.658. The predicted octanol–water partition coefficient (Wildman–Crippen LogP) is 3.00. The summed E-state index contributed by atoms with van der Waals surface area (Å²) in [4.78, 5) is 14.8. The summed E-state index contributed by atoms with van der Waals surface area (Å²) in [6, 6.07) is 14.6. The Balaban J connectivity index is 1.46. The van der Waals surface area contributed by atoms with Crippen molar-refractivity contribution in [2.75, 3.05) is 42.6 Å². The lowest BCUT2D eigenvalue weighted by Gasteiger charge is -2.17. The summed E-state index contributed by atoms with van der Waals surface area (Å²) in [5.41, 5.74) is 2.94. The molecule has 30 heavy (non-hydrogen) atoms. The fraction of sp³-hybridized carbons (Fsp3) is 0.318. The predicted molar refractivity (Wildman–Crippen MR) is 121 cm³/mol. The van der Waals surface area contributed by atoms with Gasteiger partial charge in [-0.2, -0.15) is 0 Å². The Labute approximate surface area is 176 Å². The van der Waals surface area contributed by atoms with E-state index in [4.69, 9.17) is 0 Å². The van der Waals surface area contributed by atoms with Gasteiger partial charge in [0.25, 0.3) is 5.91 Å². The number of benzene rings is 2. The molecule has 1 aliphatic rings. The van der Waals surface area contributed by atoms with Gasteiger partial charge in [-0.3, -0.25) is 9.10 Å². The molecule has 1 aliphatic heterocycles. The number of aromatic nitrogens is 1. The number of hydrogen-bond donors (Lipinski definition) is 1. The Bertz CT molecular complexity index is 1170. The largest absolute Gasteiger partial charge is 0.346 e. The number of nitrogens with one attached hydrogen (secondary N) is 1. The number of carbonyl (C=O) groups excluding carboxylic acids is 1. The van der Waals surface area contributed by atoms with Crippen LogP contribution < -0.4 is 9.62 Å². The van der Waals surface area contributed by atoms with Crippen molar-refractivity contribution in [2.24, 2.45) is 0 Å². The molecule has 0 atom stereocenters. The summed E-state index contributed by atoms with van der Waals surface area (Å²) in [5.74, 6) is -0.0496. The summed E-state index contributed by atoms with van der Waals surface area (Å²) in [7, 11) is 0.881. The van der Waals surface area contributed by atoms with Crippen LogP contribution in [-0.2, 0) is 16.6 Å². The molecule has 3 aromatic rings. The van der Waals surface area contributed by atoms with Crippen LogP contribution >= 0.6 is 0 Å². The minimum absolute atomic E-state index is 0.175. The standard InChI is InChI=1S/C22H26N4O3S/c1-24(2)13-14-25-12-10-18-16-19(6-9-21(18)25)23-22(27)17-4-7-20(8-5-17)26-11-3-15-30(26,28)29/h4-10,12,16H,3,11,13-15H2,1-2H3,(H,23,27). The number of hydrogen-bond acceptors (Lipinski definition) is 4. The molecule has 1 N–H and O–H groups in total. The number of sulfonamides is 1. The highest BCUT2D eigenvalue weighted by atomic mass is 32.2. The Morgan fingerprint density at radius 3 is 2.53 bits per heavy atom. The first-order valence-electron chi connectivity index (χ1n) is 9.99. The van der Waals surface area contributed by atoms with Crippen LogP contribution in [-0.4, -0.2) is 56.7 Å². The number of nitrogens with zero attached hydrogens (tertiary/aromatic N) is 3. The summed E-state index contributed by atoms with van der Waals surface area (Å²) in [5, 5.41) is 4.00. The van der Waals surface area contributed by atoms with Gasteiger partial charge in [0.1, 0.15) is 0 Å². The molecule has 1 aromatic heterocycles. The molecule has 0 saturated carbocycles. The van der Waals surface area contributed by atoms with E-state index in [1.165, 1.54) is 4.31 Å². The van der Waals surface area contributed by atoms with Crippen molar-refractivity contribution in [1.29, 1.82) is 0 Å². The van der Waals surface area contributed by atoms with Gasteiger partial charge in [0.2, 0.25) is 10.0 Å². The monoisotopic (exact) mass is 426 g/mol. The van der Waals surface area contributed by atoms with Gasteiger partial charge in [-0.05, 0) is 69.0 Å². The van der Waals surface area contributed by atoms with Gasteiger partial charge in [0.15, 0.2) is 0 Å². The van der Waals surface area contributed by atoms with E-state index in [9.17, 15) is 13.2 Å². The fourth-order valence-electron chi connectivity index (χ4n) is 3.69. The molecule has 1 amide bonds. The molecule has 8 heteroatoms. The highest BCUT2D eigenvalue weighted by molar-refractivity contribution is 7.93. The second-order valence-corrected chi connectivity index (χ2v) is 9.84. The van der Waals surface area contributed by atoms with Crippen molar-refractivity contribution in [2.45, 2.75) is 13.0 Å². The van der Waals surface area contributed by atoms with Crippen LogP contribution in [0.3, 0.4) is 0 Å². The van der Waals surface area contributed by atoms with Crippen molar-refractivity contribution in [3.05, 3.63) is 60.3 Å². The third-order valence-electron chi connectivity index (χ3n) is 5.33. The Hall–Kier alpha value is -2.84. The minimum atomic E-state index is -3.22. The fourth-order valence-corrected chi connectivity index (χ4v) is 5.26. The molecule has 0 radical (unpaired) electrons. The maximum absolute atomic E-state index is 12.6. The highest BCUT2D eigenvalue weighted by Gasteiger charge is 2.28. The van der Waals surface area contributed by atoms with Crippen LogP contribution in [0.25, 0.3) is 10.9 Å². The van der Waals surface area contributed by atoms with E-state index in [0.717, 1.165) is 29.7 Å². The van der Waals surface area contributed by atoms with Crippen molar-refractivity contribution in [3.63, 3.8) is 0 Å². The molecule has 0 aliphatic carbocycles. The molecule has 7 nitrogen and oxygen atoms in total. The molecular weight excluding hydrogens is 400 g/mol. The molecule has 0 spiro atoms. The Kier molecular flexibility index (Phi) is 5.53. The van der Waals surface area contributed by atoms with E-state index < -0.39 is 10.0 Å². The lowest BCUT2D eigenvalue weighted by molar-refractivity contribution is 0.102. The van der Waals surface area contributed by atoms with E-state index in [2.05, 4.69) is 35.1 Å². The van der Waals surface area contributed by atoms with Gasteiger partial charge in [0, 0.05) is 48.0 Å². The van der Waals surface area contributed by atoms with Gasteiger partial charge in [0.05, 0.1) is 11.4 Å². The lowest BCUT2D eigenvalue weighted by atomic mass is 10.1. The number of amides is 1. The first kappa shape index (κ1) is 20.4. The molecule has 1 fully saturated rings. The molecule has 1 saturated heterocycles. The number of rotatable bonds is 6. The first-order valence-corrected chi connectivity index (χ1v) is 11.6. The number of anilines is 2. The van der Waals surface area contributed by atoms with Crippen molar-refractivity contribution in [3.8, 4) is 0 Å². The van der Waals surface area contributed by atoms with E-state index in [0.29, 0.717) is 24.2 Å². The smallest absolute Gasteiger partial charge is 0.255 e. The maximum Gasteiger partial charge on any atom is 0.255 e. The van der Waals surface area contributed by atoms with Gasteiger partial charge in [-0.25, -0.2) is 8.42 Å². The van der Waals surface area contributed by atoms with Crippen molar-refractivity contribution < 1.29 is 13.2 Å². The van der Waals surface area contributed by atoms with Gasteiger partial charge in [-0.1, -0.05) is 0 Å². The lowest BCUT2D eigenvalue weighted by Crippen LogP contribution is -2.25. The molecule has 2 aromatic carbocycles. The molecule has 158 valence electrons. The SMILES string of the molecule is CN(C)CCn1ccc2cc(NC(=O)c3ccc(N4CCCS4(=O)=O)cc3)ccc21. The number of carbonyl (C=O) groups is 1. The van der Waals surface area contributed by atoms with Crippen molar-refractivity contribution in [1.82, 2.24) is 9.47 Å². The summed E-state index contributed by atoms with van der Waals surface area (Å²) in [6.07, 6.45) is 2.69. The molecule has 0 bridgehead atoms. The Morgan fingerprint density at radius 1 is 1.10 bits per heavy atom. The Morgan fingerprint density at radius 2 is 1.87 bits per heavy atom. The second-order valence-electron chi connectivity index (χ2n) is 7.83. The highest BCUT2D eigenvalue weighted by Crippen LogP contribution is 2.25. The summed E-state index contributed by atoms with van der Waals surface area (Å²) < 4.78 is 27.7.